The lowest BCUT2D eigenvalue weighted by molar-refractivity contribution is -0.122. The number of amides is 1. The minimum atomic E-state index is -0.459. The van der Waals surface area contributed by atoms with Crippen molar-refractivity contribution in [1.82, 2.24) is 14.9 Å². The van der Waals surface area contributed by atoms with Gasteiger partial charge in [0.1, 0.15) is 16.3 Å². The summed E-state index contributed by atoms with van der Waals surface area (Å²) in [4.78, 5) is 43.4. The van der Waals surface area contributed by atoms with Gasteiger partial charge in [-0.25, -0.2) is 9.78 Å². The molecule has 0 saturated heterocycles. The highest BCUT2D eigenvalue weighted by atomic mass is 32.1. The van der Waals surface area contributed by atoms with Gasteiger partial charge < -0.3 is 10.1 Å². The van der Waals surface area contributed by atoms with Gasteiger partial charge in [-0.15, -0.1) is 11.3 Å². The van der Waals surface area contributed by atoms with Crippen LogP contribution in [0.1, 0.15) is 59.4 Å². The van der Waals surface area contributed by atoms with Gasteiger partial charge >= 0.3 is 5.97 Å². The summed E-state index contributed by atoms with van der Waals surface area (Å²) in [6.07, 6.45) is 5.88. The molecule has 0 aliphatic heterocycles. The fourth-order valence-electron chi connectivity index (χ4n) is 4.46. The largest absolute Gasteiger partial charge is 0.462 e. The van der Waals surface area contributed by atoms with Crippen molar-refractivity contribution < 1.29 is 14.3 Å². The summed E-state index contributed by atoms with van der Waals surface area (Å²) in [6.45, 7) is 3.58. The van der Waals surface area contributed by atoms with Gasteiger partial charge in [0.25, 0.3) is 5.56 Å². The quantitative estimate of drug-likeness (QED) is 0.546. The first-order chi connectivity index (χ1) is 15.5. The number of aryl methyl sites for hydroxylation is 1. The van der Waals surface area contributed by atoms with Crippen LogP contribution in [0.3, 0.4) is 0 Å². The molecule has 2 heterocycles. The van der Waals surface area contributed by atoms with E-state index in [1.807, 2.05) is 30.3 Å². The van der Waals surface area contributed by atoms with Crippen LogP contribution in [0.5, 0.6) is 0 Å². The number of benzene rings is 1. The van der Waals surface area contributed by atoms with E-state index in [1.165, 1.54) is 23.7 Å². The average molecular weight is 454 g/mol. The number of hydrogen-bond acceptors (Lipinski definition) is 6. The molecule has 1 N–H and O–H groups in total. The van der Waals surface area contributed by atoms with E-state index in [0.29, 0.717) is 26.6 Å². The summed E-state index contributed by atoms with van der Waals surface area (Å²) < 4.78 is 6.39. The lowest BCUT2D eigenvalue weighted by Crippen LogP contribution is -2.37. The Balaban J connectivity index is 1.57. The van der Waals surface area contributed by atoms with Crippen molar-refractivity contribution in [1.29, 1.82) is 0 Å². The number of carbonyl (C=O) groups excluding carboxylic acids is 2. The van der Waals surface area contributed by atoms with Crippen LogP contribution in [0, 0.1) is 12.8 Å². The van der Waals surface area contributed by atoms with Crippen LogP contribution in [0.2, 0.25) is 0 Å². The molecule has 2 aromatic heterocycles. The third kappa shape index (κ3) is 4.46. The Hall–Kier alpha value is -3.00. The number of esters is 1. The van der Waals surface area contributed by atoms with Crippen molar-refractivity contribution in [3.8, 4) is 0 Å². The predicted octanol–water partition coefficient (Wildman–Crippen LogP) is 3.99. The van der Waals surface area contributed by atoms with Crippen molar-refractivity contribution in [3.63, 3.8) is 0 Å². The van der Waals surface area contributed by atoms with Gasteiger partial charge in [0, 0.05) is 0 Å². The number of thiophene rings is 1. The summed E-state index contributed by atoms with van der Waals surface area (Å²) in [7, 11) is 0. The Labute approximate surface area is 190 Å². The molecule has 1 aliphatic rings. The fraction of sp³-hybridized carbons (Fsp3) is 0.417. The SMILES string of the molecule is CCOC(=O)c1sc2ncn(CC(=O)NC(c3ccccc3)C3CCCC3)c(=O)c2c1C. The van der Waals surface area contributed by atoms with Gasteiger partial charge in [-0.3, -0.25) is 14.2 Å². The maximum absolute atomic E-state index is 13.1. The van der Waals surface area contributed by atoms with Crippen LogP contribution in [0.4, 0.5) is 0 Å². The second-order valence-electron chi connectivity index (χ2n) is 8.13. The zero-order chi connectivity index (χ0) is 22.7. The third-order valence-corrected chi connectivity index (χ3v) is 7.22. The summed E-state index contributed by atoms with van der Waals surface area (Å²) in [5, 5.41) is 3.52. The van der Waals surface area contributed by atoms with E-state index < -0.39 is 5.97 Å². The first kappa shape index (κ1) is 22.2. The highest BCUT2D eigenvalue weighted by Crippen LogP contribution is 2.35. The normalized spacial score (nSPS) is 15.1. The molecule has 1 aliphatic carbocycles. The van der Waals surface area contributed by atoms with E-state index in [0.717, 1.165) is 29.7 Å². The highest BCUT2D eigenvalue weighted by molar-refractivity contribution is 7.20. The van der Waals surface area contributed by atoms with E-state index >= 15 is 0 Å². The second kappa shape index (κ2) is 9.65. The number of rotatable bonds is 7. The highest BCUT2D eigenvalue weighted by Gasteiger charge is 2.28. The lowest BCUT2D eigenvalue weighted by atomic mass is 9.91. The van der Waals surface area contributed by atoms with Gasteiger partial charge in [0.05, 0.1) is 24.4 Å². The van der Waals surface area contributed by atoms with Crippen molar-refractivity contribution in [2.24, 2.45) is 5.92 Å². The van der Waals surface area contributed by atoms with Gasteiger partial charge in [-0.2, -0.15) is 0 Å². The van der Waals surface area contributed by atoms with E-state index in [1.54, 1.807) is 13.8 Å². The van der Waals surface area contributed by atoms with Crippen LogP contribution >= 0.6 is 11.3 Å². The van der Waals surface area contributed by atoms with Gasteiger partial charge in [0.15, 0.2) is 0 Å². The molecule has 4 rings (SSSR count). The Morgan fingerprint density at radius 1 is 1.25 bits per heavy atom. The summed E-state index contributed by atoms with van der Waals surface area (Å²) in [6, 6.07) is 9.92. The van der Waals surface area contributed by atoms with Crippen LogP contribution in [-0.4, -0.2) is 28.0 Å². The van der Waals surface area contributed by atoms with Crippen LogP contribution in [0.15, 0.2) is 41.5 Å². The number of aromatic nitrogens is 2. The van der Waals surface area contributed by atoms with Gasteiger partial charge in [-0.1, -0.05) is 43.2 Å². The van der Waals surface area contributed by atoms with Crippen molar-refractivity contribution >= 4 is 33.4 Å². The number of nitrogens with one attached hydrogen (secondary N) is 1. The maximum Gasteiger partial charge on any atom is 0.348 e. The zero-order valence-corrected chi connectivity index (χ0v) is 19.1. The fourth-order valence-corrected chi connectivity index (χ4v) is 5.49. The topological polar surface area (TPSA) is 90.3 Å². The zero-order valence-electron chi connectivity index (χ0n) is 18.3. The molecular formula is C24H27N3O4S. The molecule has 1 unspecified atom stereocenters. The molecule has 3 aromatic rings. The Kier molecular flexibility index (Phi) is 6.69. The van der Waals surface area contributed by atoms with Crippen LogP contribution in [0.25, 0.3) is 10.2 Å². The molecule has 0 bridgehead atoms. The molecule has 1 atom stereocenters. The number of fused-ring (bicyclic) bond motifs is 1. The molecule has 1 fully saturated rings. The molecule has 0 radical (unpaired) electrons. The monoisotopic (exact) mass is 453 g/mol. The van der Waals surface area contributed by atoms with Crippen molar-refractivity contribution in [3.05, 3.63) is 63.0 Å². The van der Waals surface area contributed by atoms with Crippen LogP contribution in [-0.2, 0) is 16.1 Å². The molecule has 1 amide bonds. The standard InChI is InChI=1S/C24H27N3O4S/c1-3-31-24(30)21-15(2)19-22(32-21)25-14-27(23(19)29)13-18(28)26-20(17-11-7-8-12-17)16-9-5-4-6-10-16/h4-6,9-10,14,17,20H,3,7-8,11-13H2,1-2H3,(H,26,28). The van der Waals surface area contributed by atoms with E-state index in [4.69, 9.17) is 4.74 Å². The molecule has 0 spiro atoms. The second-order valence-corrected chi connectivity index (χ2v) is 9.13. The number of nitrogens with zero attached hydrogens (tertiary/aromatic N) is 2. The molecule has 1 saturated carbocycles. The van der Waals surface area contributed by atoms with Gasteiger partial charge in [-0.05, 0) is 43.7 Å². The third-order valence-electron chi connectivity index (χ3n) is 6.04. The van der Waals surface area contributed by atoms with E-state index in [-0.39, 0.29) is 30.7 Å². The minimum Gasteiger partial charge on any atom is -0.462 e. The van der Waals surface area contributed by atoms with Crippen molar-refractivity contribution in [2.75, 3.05) is 6.61 Å². The maximum atomic E-state index is 13.1. The minimum absolute atomic E-state index is 0.0723. The smallest absolute Gasteiger partial charge is 0.348 e. The van der Waals surface area contributed by atoms with Crippen molar-refractivity contribution in [2.45, 2.75) is 52.1 Å². The number of carbonyl (C=O) groups is 2. The Bertz CT molecular complexity index is 1180. The van der Waals surface area contributed by atoms with Crippen LogP contribution < -0.4 is 10.9 Å². The molecule has 32 heavy (non-hydrogen) atoms. The molecule has 7 nitrogen and oxygen atoms in total. The summed E-state index contributed by atoms with van der Waals surface area (Å²) >= 11 is 1.14. The molecule has 8 heteroatoms. The number of ether oxygens (including phenoxy) is 1. The number of hydrogen-bond donors (Lipinski definition) is 1. The van der Waals surface area contributed by atoms with E-state index in [2.05, 4.69) is 10.3 Å². The molecular weight excluding hydrogens is 426 g/mol. The van der Waals surface area contributed by atoms with Gasteiger partial charge in [0.2, 0.25) is 5.91 Å². The first-order valence-electron chi connectivity index (χ1n) is 11.0. The summed E-state index contributed by atoms with van der Waals surface area (Å²) in [5.74, 6) is -0.295. The molecule has 1 aromatic carbocycles. The average Bonchev–Trinajstić information content (AvgIpc) is 3.43. The van der Waals surface area contributed by atoms with E-state index in [9.17, 15) is 14.4 Å². The Morgan fingerprint density at radius 3 is 2.66 bits per heavy atom. The Morgan fingerprint density at radius 2 is 1.97 bits per heavy atom. The summed E-state index contributed by atoms with van der Waals surface area (Å²) in [5.41, 5.74) is 1.30. The lowest BCUT2D eigenvalue weighted by Gasteiger charge is -2.25. The predicted molar refractivity (Wildman–Crippen MR) is 124 cm³/mol. The molecule has 168 valence electrons. The first-order valence-corrected chi connectivity index (χ1v) is 11.8.